The standard InChI is InChI=1S/C22H23NO6S/c1-4-11-28-20-17-12-14(5-10-18(17)30-21(20)22(25)27-3)23-19(24)13-29-16-8-6-15(26-2)7-9-16/h5-10,12H,4,11,13H2,1-3H3,(H,23,24). The summed E-state index contributed by atoms with van der Waals surface area (Å²) in [7, 11) is 2.92. The Labute approximate surface area is 178 Å². The van der Waals surface area contributed by atoms with Gasteiger partial charge in [0.05, 0.1) is 20.8 Å². The van der Waals surface area contributed by atoms with Crippen molar-refractivity contribution >= 4 is 39.0 Å². The highest BCUT2D eigenvalue weighted by Crippen LogP contribution is 2.39. The highest BCUT2D eigenvalue weighted by Gasteiger charge is 2.21. The summed E-state index contributed by atoms with van der Waals surface area (Å²) in [6.07, 6.45) is 0.803. The van der Waals surface area contributed by atoms with Gasteiger partial charge in [-0.05, 0) is 48.9 Å². The van der Waals surface area contributed by atoms with Crippen LogP contribution in [0, 0.1) is 0 Å². The van der Waals surface area contributed by atoms with E-state index in [0.717, 1.165) is 16.5 Å². The Kier molecular flexibility index (Phi) is 7.13. The molecule has 0 atom stereocenters. The van der Waals surface area contributed by atoms with Gasteiger partial charge < -0.3 is 24.3 Å². The third kappa shape index (κ3) is 5.01. The number of carbonyl (C=O) groups is 2. The number of esters is 1. The molecule has 1 amide bonds. The molecule has 0 radical (unpaired) electrons. The second-order valence-electron chi connectivity index (χ2n) is 6.32. The molecule has 3 aromatic rings. The Hall–Kier alpha value is -3.26. The molecule has 1 N–H and O–H groups in total. The fourth-order valence-electron chi connectivity index (χ4n) is 2.75. The topological polar surface area (TPSA) is 83.1 Å². The van der Waals surface area contributed by atoms with E-state index in [4.69, 9.17) is 18.9 Å². The SMILES string of the molecule is CCCOc1c(C(=O)OC)sc2ccc(NC(=O)COc3ccc(OC)cc3)cc12. The maximum Gasteiger partial charge on any atom is 0.351 e. The van der Waals surface area contributed by atoms with E-state index in [2.05, 4.69) is 5.32 Å². The van der Waals surface area contributed by atoms with Crippen molar-refractivity contribution in [1.82, 2.24) is 0 Å². The lowest BCUT2D eigenvalue weighted by Crippen LogP contribution is -2.20. The summed E-state index contributed by atoms with van der Waals surface area (Å²) in [6.45, 7) is 2.32. The zero-order valence-corrected chi connectivity index (χ0v) is 17.8. The largest absolute Gasteiger partial charge is 0.497 e. The first-order valence-electron chi connectivity index (χ1n) is 9.40. The second-order valence-corrected chi connectivity index (χ2v) is 7.38. The Morgan fingerprint density at radius 3 is 2.40 bits per heavy atom. The maximum atomic E-state index is 12.3. The van der Waals surface area contributed by atoms with Crippen LogP contribution in [0.1, 0.15) is 23.0 Å². The van der Waals surface area contributed by atoms with Gasteiger partial charge in [0.2, 0.25) is 0 Å². The van der Waals surface area contributed by atoms with Crippen LogP contribution in [0.5, 0.6) is 17.2 Å². The molecule has 0 aliphatic rings. The van der Waals surface area contributed by atoms with E-state index in [-0.39, 0.29) is 12.5 Å². The van der Waals surface area contributed by atoms with Crippen molar-refractivity contribution in [2.24, 2.45) is 0 Å². The summed E-state index contributed by atoms with van der Waals surface area (Å²) in [6, 6.07) is 12.4. The van der Waals surface area contributed by atoms with Crippen molar-refractivity contribution in [3.05, 3.63) is 47.3 Å². The lowest BCUT2D eigenvalue weighted by Gasteiger charge is -2.09. The number of rotatable bonds is 9. The molecule has 1 aromatic heterocycles. The Bertz CT molecular complexity index is 1030. The molecule has 0 saturated carbocycles. The molecule has 0 saturated heterocycles. The van der Waals surface area contributed by atoms with Crippen molar-refractivity contribution < 1.29 is 28.5 Å². The summed E-state index contributed by atoms with van der Waals surface area (Å²) in [5.41, 5.74) is 0.585. The highest BCUT2D eigenvalue weighted by molar-refractivity contribution is 7.21. The molecule has 0 aliphatic heterocycles. The summed E-state index contributed by atoms with van der Waals surface area (Å²) in [5.74, 6) is 1.01. The van der Waals surface area contributed by atoms with E-state index >= 15 is 0 Å². The zero-order valence-electron chi connectivity index (χ0n) is 17.0. The molecule has 2 aromatic carbocycles. The van der Waals surface area contributed by atoms with Crippen molar-refractivity contribution in [3.8, 4) is 17.2 Å². The summed E-state index contributed by atoms with van der Waals surface area (Å²) < 4.78 is 22.1. The van der Waals surface area contributed by atoms with Crippen LogP contribution in [0.4, 0.5) is 5.69 Å². The molecule has 0 spiro atoms. The average molecular weight is 429 g/mol. The third-order valence-electron chi connectivity index (χ3n) is 4.18. The van der Waals surface area contributed by atoms with Gasteiger partial charge in [-0.1, -0.05) is 6.92 Å². The van der Waals surface area contributed by atoms with Crippen molar-refractivity contribution in [2.75, 3.05) is 32.8 Å². The zero-order chi connectivity index (χ0) is 21.5. The van der Waals surface area contributed by atoms with E-state index in [9.17, 15) is 9.59 Å². The van der Waals surface area contributed by atoms with E-state index in [1.54, 1.807) is 43.5 Å². The summed E-state index contributed by atoms with van der Waals surface area (Å²) in [4.78, 5) is 24.8. The number of anilines is 1. The van der Waals surface area contributed by atoms with Crippen molar-refractivity contribution in [2.45, 2.75) is 13.3 Å². The summed E-state index contributed by atoms with van der Waals surface area (Å²) >= 11 is 1.30. The number of benzene rings is 2. The monoisotopic (exact) mass is 429 g/mol. The Balaban J connectivity index is 1.73. The molecule has 0 fully saturated rings. The minimum atomic E-state index is -0.444. The van der Waals surface area contributed by atoms with Gasteiger partial charge in [0.25, 0.3) is 5.91 Å². The van der Waals surface area contributed by atoms with Gasteiger partial charge in [-0.25, -0.2) is 4.79 Å². The number of carbonyl (C=O) groups excluding carboxylic acids is 2. The Morgan fingerprint density at radius 1 is 1.00 bits per heavy atom. The summed E-state index contributed by atoms with van der Waals surface area (Å²) in [5, 5.41) is 3.56. The minimum absolute atomic E-state index is 0.138. The number of fused-ring (bicyclic) bond motifs is 1. The van der Waals surface area contributed by atoms with Crippen LogP contribution in [-0.4, -0.2) is 39.3 Å². The number of hydrogen-bond acceptors (Lipinski definition) is 7. The molecule has 0 aliphatic carbocycles. The number of nitrogens with one attached hydrogen (secondary N) is 1. The number of thiophene rings is 1. The van der Waals surface area contributed by atoms with Gasteiger partial charge in [0.1, 0.15) is 11.5 Å². The van der Waals surface area contributed by atoms with Gasteiger partial charge in [0.15, 0.2) is 17.2 Å². The fourth-order valence-corrected chi connectivity index (χ4v) is 3.79. The second kappa shape index (κ2) is 9.98. The molecule has 7 nitrogen and oxygen atoms in total. The first-order valence-corrected chi connectivity index (χ1v) is 10.2. The van der Waals surface area contributed by atoms with Crippen LogP contribution in [-0.2, 0) is 9.53 Å². The lowest BCUT2D eigenvalue weighted by molar-refractivity contribution is -0.118. The van der Waals surface area contributed by atoms with Gasteiger partial charge in [0, 0.05) is 15.8 Å². The average Bonchev–Trinajstić information content (AvgIpc) is 3.13. The predicted molar refractivity (Wildman–Crippen MR) is 116 cm³/mol. The first-order chi connectivity index (χ1) is 14.5. The van der Waals surface area contributed by atoms with E-state index in [1.807, 2.05) is 13.0 Å². The number of methoxy groups -OCH3 is 2. The number of amides is 1. The smallest absolute Gasteiger partial charge is 0.351 e. The minimum Gasteiger partial charge on any atom is -0.497 e. The van der Waals surface area contributed by atoms with Gasteiger partial charge in [-0.3, -0.25) is 4.79 Å². The van der Waals surface area contributed by atoms with E-state index < -0.39 is 5.97 Å². The van der Waals surface area contributed by atoms with Crippen LogP contribution in [0.2, 0.25) is 0 Å². The molecule has 0 bridgehead atoms. The molecule has 0 unspecified atom stereocenters. The van der Waals surface area contributed by atoms with Crippen LogP contribution in [0.15, 0.2) is 42.5 Å². The molecule has 30 heavy (non-hydrogen) atoms. The van der Waals surface area contributed by atoms with Crippen LogP contribution in [0.25, 0.3) is 10.1 Å². The van der Waals surface area contributed by atoms with Crippen molar-refractivity contribution in [3.63, 3.8) is 0 Å². The lowest BCUT2D eigenvalue weighted by atomic mass is 10.2. The maximum absolute atomic E-state index is 12.3. The van der Waals surface area contributed by atoms with Crippen LogP contribution in [0.3, 0.4) is 0 Å². The predicted octanol–water partition coefficient (Wildman–Crippen LogP) is 4.50. The third-order valence-corrected chi connectivity index (χ3v) is 5.31. The van der Waals surface area contributed by atoms with E-state index in [1.165, 1.54) is 18.4 Å². The molecule has 3 rings (SSSR count). The van der Waals surface area contributed by atoms with Gasteiger partial charge in [-0.2, -0.15) is 0 Å². The van der Waals surface area contributed by atoms with E-state index in [0.29, 0.717) is 34.4 Å². The molecular weight excluding hydrogens is 406 g/mol. The molecule has 158 valence electrons. The number of ether oxygens (including phenoxy) is 4. The molecule has 8 heteroatoms. The van der Waals surface area contributed by atoms with Crippen molar-refractivity contribution in [1.29, 1.82) is 0 Å². The van der Waals surface area contributed by atoms with Gasteiger partial charge >= 0.3 is 5.97 Å². The fraction of sp³-hybridized carbons (Fsp3) is 0.273. The molecular formula is C22H23NO6S. The van der Waals surface area contributed by atoms with Gasteiger partial charge in [-0.15, -0.1) is 11.3 Å². The van der Waals surface area contributed by atoms with Crippen LogP contribution < -0.4 is 19.5 Å². The normalized spacial score (nSPS) is 10.5. The Morgan fingerprint density at radius 2 is 1.73 bits per heavy atom. The van der Waals surface area contributed by atoms with Crippen LogP contribution >= 0.6 is 11.3 Å². The quantitative estimate of drug-likeness (QED) is 0.504. The highest BCUT2D eigenvalue weighted by atomic mass is 32.1. The molecule has 1 heterocycles. The number of hydrogen-bond donors (Lipinski definition) is 1. The first kappa shape index (κ1) is 21.4.